The van der Waals surface area contributed by atoms with Crippen LogP contribution in [0.5, 0.6) is 11.5 Å². The van der Waals surface area contributed by atoms with Gasteiger partial charge < -0.3 is 19.3 Å². The molecule has 1 saturated heterocycles. The highest BCUT2D eigenvalue weighted by atomic mass is 32.2. The third-order valence-corrected chi connectivity index (χ3v) is 9.00. The van der Waals surface area contributed by atoms with Crippen molar-refractivity contribution >= 4 is 27.3 Å². The number of hydrogen-bond acceptors (Lipinski definition) is 6. The van der Waals surface area contributed by atoms with E-state index in [1.807, 2.05) is 32.0 Å². The highest BCUT2D eigenvalue weighted by Gasteiger charge is 2.34. The molecule has 220 valence electrons. The number of rotatable bonds is 8. The molecule has 1 fully saturated rings. The van der Waals surface area contributed by atoms with Crippen LogP contribution < -0.4 is 18.7 Å². The number of hydrogen-bond donors (Lipinski definition) is 0. The fourth-order valence-electron chi connectivity index (χ4n) is 4.75. The fraction of sp³-hybridized carbons (Fsp3) is 0.345. The van der Waals surface area contributed by atoms with Gasteiger partial charge in [-0.1, -0.05) is 18.2 Å². The molecule has 3 aromatic carbocycles. The molecular formula is C29H32F3N3O5S. The SMILES string of the molecule is COc1ccc(S(=O)(=O)N(CC(=O)N2CCN(c3cccc(C)c3C)CC2)c2cccc(C(F)(F)F)c2)cc1OC. The molecule has 12 heteroatoms. The number of anilines is 2. The second-order valence-corrected chi connectivity index (χ2v) is 11.5. The van der Waals surface area contributed by atoms with Crippen molar-refractivity contribution in [1.29, 1.82) is 0 Å². The molecule has 0 radical (unpaired) electrons. The number of methoxy groups -OCH3 is 2. The highest BCUT2D eigenvalue weighted by Crippen LogP contribution is 2.35. The Morgan fingerprint density at radius 3 is 2.20 bits per heavy atom. The molecule has 1 heterocycles. The van der Waals surface area contributed by atoms with E-state index < -0.39 is 34.2 Å². The topological polar surface area (TPSA) is 79.4 Å². The molecule has 0 aromatic heterocycles. The number of aryl methyl sites for hydroxylation is 1. The Morgan fingerprint density at radius 1 is 0.902 bits per heavy atom. The summed E-state index contributed by atoms with van der Waals surface area (Å²) in [5, 5.41) is 0. The zero-order chi connectivity index (χ0) is 29.9. The van der Waals surface area contributed by atoms with Gasteiger partial charge in [-0.3, -0.25) is 9.10 Å². The molecule has 3 aromatic rings. The first-order chi connectivity index (χ1) is 19.4. The van der Waals surface area contributed by atoms with Crippen molar-refractivity contribution in [2.45, 2.75) is 24.9 Å². The van der Waals surface area contributed by atoms with Crippen molar-refractivity contribution in [2.75, 3.05) is 56.1 Å². The maximum atomic E-state index is 13.9. The maximum absolute atomic E-state index is 13.9. The van der Waals surface area contributed by atoms with Gasteiger partial charge in [-0.25, -0.2) is 8.42 Å². The normalized spacial score (nSPS) is 14.1. The van der Waals surface area contributed by atoms with Crippen molar-refractivity contribution in [2.24, 2.45) is 0 Å². The van der Waals surface area contributed by atoms with E-state index in [4.69, 9.17) is 9.47 Å². The molecule has 1 aliphatic heterocycles. The summed E-state index contributed by atoms with van der Waals surface area (Å²) in [7, 11) is -1.78. The molecule has 0 atom stereocenters. The average molecular weight is 592 g/mol. The molecule has 8 nitrogen and oxygen atoms in total. The molecule has 0 bridgehead atoms. The number of piperazine rings is 1. The average Bonchev–Trinajstić information content (AvgIpc) is 2.96. The van der Waals surface area contributed by atoms with Gasteiger partial charge in [-0.15, -0.1) is 0 Å². The van der Waals surface area contributed by atoms with Gasteiger partial charge in [-0.2, -0.15) is 13.2 Å². The zero-order valence-electron chi connectivity index (χ0n) is 23.2. The number of carbonyl (C=O) groups is 1. The first kappa shape index (κ1) is 30.0. The van der Waals surface area contributed by atoms with Gasteiger partial charge in [0, 0.05) is 37.9 Å². The molecule has 0 saturated carbocycles. The lowest BCUT2D eigenvalue weighted by Gasteiger charge is -2.38. The molecule has 0 spiro atoms. The standard InChI is InChI=1S/C29H32F3N3O5S/c1-20-7-5-10-25(21(20)2)33-13-15-34(16-14-33)28(36)19-35(23-9-6-8-22(17-23)29(30,31)32)41(37,38)24-11-12-26(39-3)27(18-24)40-4/h5-12,17-18H,13-16,19H2,1-4H3. The summed E-state index contributed by atoms with van der Waals surface area (Å²) in [5.74, 6) is -0.131. The zero-order valence-corrected chi connectivity index (χ0v) is 24.1. The quantitative estimate of drug-likeness (QED) is 0.372. The number of amides is 1. The summed E-state index contributed by atoms with van der Waals surface area (Å²) >= 11 is 0. The van der Waals surface area contributed by atoms with Gasteiger partial charge in [0.2, 0.25) is 5.91 Å². The highest BCUT2D eigenvalue weighted by molar-refractivity contribution is 7.92. The van der Waals surface area contributed by atoms with Gasteiger partial charge in [0.25, 0.3) is 10.0 Å². The van der Waals surface area contributed by atoms with Crippen LogP contribution in [0.1, 0.15) is 16.7 Å². The Kier molecular flexibility index (Phi) is 8.71. The summed E-state index contributed by atoms with van der Waals surface area (Å²) in [6.07, 6.45) is -4.71. The minimum atomic E-state index is -4.71. The number of benzene rings is 3. The fourth-order valence-corrected chi connectivity index (χ4v) is 6.18. The molecule has 1 amide bonds. The van der Waals surface area contributed by atoms with Gasteiger partial charge >= 0.3 is 6.18 Å². The van der Waals surface area contributed by atoms with E-state index in [2.05, 4.69) is 4.90 Å². The molecular weight excluding hydrogens is 559 g/mol. The predicted molar refractivity (Wildman–Crippen MR) is 150 cm³/mol. The Bertz CT molecular complexity index is 1520. The summed E-state index contributed by atoms with van der Waals surface area (Å²) in [6.45, 7) is 5.11. The lowest BCUT2D eigenvalue weighted by molar-refractivity contribution is -0.137. The molecule has 41 heavy (non-hydrogen) atoms. The van der Waals surface area contributed by atoms with Crippen LogP contribution in [0.4, 0.5) is 24.5 Å². The Balaban J connectivity index is 1.64. The second kappa shape index (κ2) is 11.9. The number of ether oxygens (including phenoxy) is 2. The number of sulfonamides is 1. The number of halogens is 3. The Labute approximate surface area is 237 Å². The van der Waals surface area contributed by atoms with Crippen molar-refractivity contribution in [3.05, 3.63) is 77.4 Å². The van der Waals surface area contributed by atoms with E-state index in [-0.39, 0.29) is 22.1 Å². The van der Waals surface area contributed by atoms with Gasteiger partial charge in [0.1, 0.15) is 6.54 Å². The maximum Gasteiger partial charge on any atom is 0.416 e. The van der Waals surface area contributed by atoms with Crippen molar-refractivity contribution in [1.82, 2.24) is 4.90 Å². The van der Waals surface area contributed by atoms with Gasteiger partial charge in [0.15, 0.2) is 11.5 Å². The summed E-state index contributed by atoms with van der Waals surface area (Å²) in [5.41, 5.74) is 2.05. The van der Waals surface area contributed by atoms with Crippen LogP contribution in [0.15, 0.2) is 65.6 Å². The minimum absolute atomic E-state index is 0.117. The van der Waals surface area contributed by atoms with Crippen LogP contribution in [0, 0.1) is 13.8 Å². The third kappa shape index (κ3) is 6.37. The number of carbonyl (C=O) groups excluding carboxylic acids is 1. The monoisotopic (exact) mass is 591 g/mol. The van der Waals surface area contributed by atoms with Crippen LogP contribution in [0.3, 0.4) is 0 Å². The first-order valence-corrected chi connectivity index (χ1v) is 14.3. The molecule has 0 aliphatic carbocycles. The van der Waals surface area contributed by atoms with E-state index in [1.54, 1.807) is 0 Å². The molecule has 0 unspecified atom stereocenters. The molecule has 1 aliphatic rings. The van der Waals surface area contributed by atoms with Gasteiger partial charge in [0.05, 0.1) is 30.4 Å². The molecule has 0 N–H and O–H groups in total. The van der Waals surface area contributed by atoms with E-state index in [0.717, 1.165) is 35.0 Å². The molecule has 4 rings (SSSR count). The first-order valence-electron chi connectivity index (χ1n) is 12.9. The summed E-state index contributed by atoms with van der Waals surface area (Å²) in [4.78, 5) is 16.9. The van der Waals surface area contributed by atoms with Crippen molar-refractivity contribution in [3.63, 3.8) is 0 Å². The van der Waals surface area contributed by atoms with E-state index in [0.29, 0.717) is 30.5 Å². The minimum Gasteiger partial charge on any atom is -0.493 e. The van der Waals surface area contributed by atoms with Gasteiger partial charge in [-0.05, 0) is 61.4 Å². The van der Waals surface area contributed by atoms with E-state index in [1.165, 1.54) is 43.4 Å². The van der Waals surface area contributed by atoms with Crippen molar-refractivity contribution < 1.29 is 35.9 Å². The number of alkyl halides is 3. The van der Waals surface area contributed by atoms with Crippen LogP contribution >= 0.6 is 0 Å². The number of nitrogens with zero attached hydrogens (tertiary/aromatic N) is 3. The van der Waals surface area contributed by atoms with Crippen molar-refractivity contribution in [3.8, 4) is 11.5 Å². The Morgan fingerprint density at radius 2 is 1.56 bits per heavy atom. The third-order valence-electron chi connectivity index (χ3n) is 7.23. The summed E-state index contributed by atoms with van der Waals surface area (Å²) < 4.78 is 79.4. The largest absolute Gasteiger partial charge is 0.493 e. The van der Waals surface area contributed by atoms with Crippen LogP contribution in [-0.4, -0.2) is 66.2 Å². The van der Waals surface area contributed by atoms with E-state index in [9.17, 15) is 26.4 Å². The lowest BCUT2D eigenvalue weighted by Crippen LogP contribution is -2.52. The summed E-state index contributed by atoms with van der Waals surface area (Å²) in [6, 6.07) is 13.8. The Hall–Kier alpha value is -3.93. The van der Waals surface area contributed by atoms with E-state index >= 15 is 0 Å². The van der Waals surface area contributed by atoms with Crippen LogP contribution in [-0.2, 0) is 21.0 Å². The smallest absolute Gasteiger partial charge is 0.416 e. The second-order valence-electron chi connectivity index (χ2n) is 9.66. The van der Waals surface area contributed by atoms with Crippen LogP contribution in [0.25, 0.3) is 0 Å². The van der Waals surface area contributed by atoms with Crippen LogP contribution in [0.2, 0.25) is 0 Å². The lowest BCUT2D eigenvalue weighted by atomic mass is 10.1. The predicted octanol–water partition coefficient (Wildman–Crippen LogP) is 4.88.